The Hall–Kier alpha value is -1.11. The summed E-state index contributed by atoms with van der Waals surface area (Å²) in [5, 5.41) is 1.64. The molecule has 1 unspecified atom stereocenters. The number of hydrogen-bond acceptors (Lipinski definition) is 5. The van der Waals surface area contributed by atoms with Crippen molar-refractivity contribution >= 4 is 43.8 Å². The Morgan fingerprint density at radius 2 is 2.00 bits per heavy atom. The number of nitrogens with two attached hydrogens (primary N) is 1. The van der Waals surface area contributed by atoms with Crippen molar-refractivity contribution in [3.63, 3.8) is 0 Å². The first-order chi connectivity index (χ1) is 9.11. The van der Waals surface area contributed by atoms with Crippen molar-refractivity contribution in [3.05, 3.63) is 40.5 Å². The molecule has 1 aliphatic heterocycles. The van der Waals surface area contributed by atoms with Crippen molar-refractivity contribution in [1.82, 2.24) is 9.97 Å². The average molecular weight is 311 g/mol. The number of halogens is 1. The Morgan fingerprint density at radius 3 is 2.74 bits per heavy atom. The Morgan fingerprint density at radius 1 is 1.26 bits per heavy atom. The van der Waals surface area contributed by atoms with Crippen molar-refractivity contribution in [2.24, 2.45) is 4.36 Å². The predicted molar refractivity (Wildman–Crippen MR) is 81.6 cm³/mol. The summed E-state index contributed by atoms with van der Waals surface area (Å²) in [6.45, 7) is 1.91. The highest BCUT2D eigenvalue weighted by molar-refractivity contribution is 8.70. The molecule has 1 atom stereocenters. The smallest absolute Gasteiger partial charge is 0.221 e. The summed E-state index contributed by atoms with van der Waals surface area (Å²) >= 11 is 5.88. The number of hydrogen-bond donors (Lipinski definition) is 1. The van der Waals surface area contributed by atoms with Crippen molar-refractivity contribution in [2.45, 2.75) is 17.7 Å². The Kier molecular flexibility index (Phi) is 3.47. The van der Waals surface area contributed by atoms with Gasteiger partial charge in [0.2, 0.25) is 5.95 Å². The maximum atomic E-state index is 5.88. The van der Waals surface area contributed by atoms with E-state index in [0.717, 1.165) is 27.2 Å². The van der Waals surface area contributed by atoms with Gasteiger partial charge in [-0.3, -0.25) is 0 Å². The van der Waals surface area contributed by atoms with Crippen LogP contribution in [0.4, 0.5) is 11.6 Å². The maximum Gasteiger partial charge on any atom is 0.221 e. The third-order valence-electron chi connectivity index (χ3n) is 2.62. The normalized spacial score (nSPS) is 17.1. The van der Waals surface area contributed by atoms with Crippen LogP contribution in [0.2, 0.25) is 5.02 Å². The van der Waals surface area contributed by atoms with Gasteiger partial charge in [-0.2, -0.15) is 0 Å². The summed E-state index contributed by atoms with van der Waals surface area (Å²) in [5.41, 5.74) is 8.61. The second-order valence-corrected chi connectivity index (χ2v) is 7.85. The molecule has 1 aliphatic rings. The summed E-state index contributed by atoms with van der Waals surface area (Å²) < 4.78 is 4.69. The van der Waals surface area contributed by atoms with Crippen LogP contribution in [0.25, 0.3) is 0 Å². The van der Waals surface area contributed by atoms with Gasteiger partial charge in [-0.05, 0) is 45.1 Å². The van der Waals surface area contributed by atoms with Gasteiger partial charge in [0.05, 0.1) is 5.69 Å². The van der Waals surface area contributed by atoms with Gasteiger partial charge in [0.15, 0.2) is 0 Å². The highest BCUT2D eigenvalue weighted by Crippen LogP contribution is 2.42. The number of aryl methyl sites for hydroxylation is 1. The van der Waals surface area contributed by atoms with E-state index in [9.17, 15) is 0 Å². The summed E-state index contributed by atoms with van der Waals surface area (Å²) in [5.74, 6) is 1.19. The van der Waals surface area contributed by atoms with Gasteiger partial charge in [-0.25, -0.2) is 14.3 Å². The first-order valence-corrected chi connectivity index (χ1v) is 8.67. The standard InChI is InChI=1S/C12H11ClN4S2/c1-7-10-11(16-12(14)15-7)18-19(17-10)6-8-2-4-9(13)5-3-8/h2-5H,6H2,1H3,(H2,14,15,16). The van der Waals surface area contributed by atoms with Gasteiger partial charge < -0.3 is 5.73 Å². The van der Waals surface area contributed by atoms with Crippen LogP contribution < -0.4 is 5.73 Å². The van der Waals surface area contributed by atoms with E-state index >= 15 is 0 Å². The van der Waals surface area contributed by atoms with E-state index in [1.54, 1.807) is 10.8 Å². The van der Waals surface area contributed by atoms with E-state index in [0.29, 0.717) is 5.95 Å². The zero-order valence-corrected chi connectivity index (χ0v) is 12.5. The first kappa shape index (κ1) is 12.9. The van der Waals surface area contributed by atoms with E-state index in [1.165, 1.54) is 5.56 Å². The average Bonchev–Trinajstić information content (AvgIpc) is 2.75. The van der Waals surface area contributed by atoms with Crippen LogP contribution in [0.1, 0.15) is 11.3 Å². The number of benzene rings is 1. The number of nitrogens with zero attached hydrogens (tertiary/aromatic N) is 3. The molecule has 0 saturated carbocycles. The number of rotatable bonds is 2. The van der Waals surface area contributed by atoms with Gasteiger partial charge in [0.1, 0.15) is 10.7 Å². The van der Waals surface area contributed by atoms with Crippen LogP contribution in [-0.2, 0) is 15.5 Å². The molecule has 1 aromatic carbocycles. The third kappa shape index (κ3) is 2.75. The topological polar surface area (TPSA) is 64.2 Å². The minimum Gasteiger partial charge on any atom is -0.368 e. The van der Waals surface area contributed by atoms with E-state index in [1.807, 2.05) is 31.2 Å². The lowest BCUT2D eigenvalue weighted by atomic mass is 10.2. The van der Waals surface area contributed by atoms with Gasteiger partial charge in [0.25, 0.3) is 0 Å². The summed E-state index contributed by atoms with van der Waals surface area (Å²) in [4.78, 5) is 8.39. The van der Waals surface area contributed by atoms with Crippen LogP contribution in [0.3, 0.4) is 0 Å². The molecule has 0 fully saturated rings. The molecular weight excluding hydrogens is 300 g/mol. The molecule has 0 bridgehead atoms. The Balaban J connectivity index is 1.84. The molecule has 0 radical (unpaired) electrons. The largest absolute Gasteiger partial charge is 0.368 e. The fourth-order valence-electron chi connectivity index (χ4n) is 1.72. The second kappa shape index (κ2) is 5.11. The van der Waals surface area contributed by atoms with Gasteiger partial charge in [0, 0.05) is 10.8 Å². The van der Waals surface area contributed by atoms with E-state index in [4.69, 9.17) is 17.3 Å². The summed E-state index contributed by atoms with van der Waals surface area (Å²) in [7, 11) is 1.50. The van der Waals surface area contributed by atoms with Crippen molar-refractivity contribution in [2.75, 3.05) is 5.73 Å². The number of anilines is 1. The molecular formula is C12H11ClN4S2. The lowest BCUT2D eigenvalue weighted by molar-refractivity contribution is 1.03. The lowest BCUT2D eigenvalue weighted by Crippen LogP contribution is -1.97. The van der Waals surface area contributed by atoms with Crippen LogP contribution >= 0.6 is 22.4 Å². The van der Waals surface area contributed by atoms with Gasteiger partial charge >= 0.3 is 0 Å². The number of aromatic nitrogens is 2. The molecule has 98 valence electrons. The molecule has 0 spiro atoms. The quantitative estimate of drug-likeness (QED) is 0.679. The van der Waals surface area contributed by atoms with Crippen LogP contribution in [0.15, 0.2) is 33.7 Å². The number of nitrogen functional groups attached to an aromatic ring is 1. The van der Waals surface area contributed by atoms with Crippen LogP contribution in [0, 0.1) is 6.92 Å². The molecule has 0 saturated heterocycles. The number of fused-ring (bicyclic) bond motifs is 1. The fourth-order valence-corrected chi connectivity index (χ4v) is 5.37. The second-order valence-electron chi connectivity index (χ2n) is 4.09. The summed E-state index contributed by atoms with van der Waals surface area (Å²) in [6.07, 6.45) is 0. The van der Waals surface area contributed by atoms with Crippen LogP contribution in [-0.4, -0.2) is 9.97 Å². The maximum absolute atomic E-state index is 5.88. The fraction of sp³-hybridized carbons (Fsp3) is 0.167. The minimum absolute atomic E-state index is 0.159. The molecule has 4 nitrogen and oxygen atoms in total. The third-order valence-corrected chi connectivity index (χ3v) is 6.10. The van der Waals surface area contributed by atoms with E-state index in [2.05, 4.69) is 14.3 Å². The lowest BCUT2D eigenvalue weighted by Gasteiger charge is -2.01. The molecule has 2 heterocycles. The van der Waals surface area contributed by atoms with Crippen LogP contribution in [0.5, 0.6) is 0 Å². The zero-order chi connectivity index (χ0) is 13.4. The molecule has 2 N–H and O–H groups in total. The summed E-state index contributed by atoms with van der Waals surface area (Å²) in [6, 6.07) is 7.86. The van der Waals surface area contributed by atoms with Gasteiger partial charge in [-0.15, -0.1) is 0 Å². The highest BCUT2D eigenvalue weighted by atomic mass is 35.5. The van der Waals surface area contributed by atoms with E-state index in [-0.39, 0.29) is 9.72 Å². The van der Waals surface area contributed by atoms with Crippen molar-refractivity contribution in [3.8, 4) is 0 Å². The van der Waals surface area contributed by atoms with Gasteiger partial charge in [-0.1, -0.05) is 23.7 Å². The molecule has 19 heavy (non-hydrogen) atoms. The molecule has 0 amide bonds. The SMILES string of the molecule is Cc1nc(N)nc2c1N=S(Cc1ccc(Cl)cc1)S2. The zero-order valence-electron chi connectivity index (χ0n) is 10.1. The first-order valence-electron chi connectivity index (χ1n) is 5.61. The highest BCUT2D eigenvalue weighted by Gasteiger charge is 2.20. The molecule has 2 aromatic rings. The minimum atomic E-state index is -0.159. The molecule has 3 rings (SSSR count). The van der Waals surface area contributed by atoms with Crippen molar-refractivity contribution in [1.29, 1.82) is 0 Å². The van der Waals surface area contributed by atoms with Crippen molar-refractivity contribution < 1.29 is 0 Å². The predicted octanol–water partition coefficient (Wildman–Crippen LogP) is 3.67. The Labute approximate surface area is 122 Å². The van der Waals surface area contributed by atoms with E-state index < -0.39 is 0 Å². The molecule has 0 aliphatic carbocycles. The monoisotopic (exact) mass is 310 g/mol. The molecule has 7 heteroatoms. The molecule has 1 aromatic heterocycles. The Bertz CT molecular complexity index is 670.